The molecule has 0 bridgehead atoms. The third kappa shape index (κ3) is 5.38. The number of carbonyl (C=O) groups is 1. The number of hydrogen-bond donors (Lipinski definition) is 2. The summed E-state index contributed by atoms with van der Waals surface area (Å²) in [4.78, 5) is 13.0. The molecule has 1 aromatic heterocycles. The highest BCUT2D eigenvalue weighted by molar-refractivity contribution is 7.16. The van der Waals surface area contributed by atoms with E-state index in [4.69, 9.17) is 11.6 Å². The summed E-state index contributed by atoms with van der Waals surface area (Å²) in [7, 11) is 0. The Hall–Kier alpha value is -0.580. The summed E-state index contributed by atoms with van der Waals surface area (Å²) in [6, 6.07) is 4.01. The zero-order valence-electron chi connectivity index (χ0n) is 11.1. The minimum atomic E-state index is -0.158. The van der Waals surface area contributed by atoms with Gasteiger partial charge in [-0.15, -0.1) is 11.3 Å². The zero-order valence-corrected chi connectivity index (χ0v) is 12.7. The van der Waals surface area contributed by atoms with Crippen molar-refractivity contribution in [2.24, 2.45) is 0 Å². The summed E-state index contributed by atoms with van der Waals surface area (Å²) < 4.78 is 0.813. The first kappa shape index (κ1) is 15.5. The van der Waals surface area contributed by atoms with Crippen molar-refractivity contribution in [3.63, 3.8) is 0 Å². The Morgan fingerprint density at radius 3 is 2.72 bits per heavy atom. The summed E-state index contributed by atoms with van der Waals surface area (Å²) in [6.07, 6.45) is 1.85. The van der Waals surface area contributed by atoms with E-state index in [0.29, 0.717) is 0 Å². The Labute approximate surface area is 118 Å². The van der Waals surface area contributed by atoms with Crippen LogP contribution in [0, 0.1) is 0 Å². The van der Waals surface area contributed by atoms with Crippen LogP contribution in [0.25, 0.3) is 0 Å². The maximum Gasteiger partial charge on any atom is 0.237 e. The largest absolute Gasteiger partial charge is 0.352 e. The summed E-state index contributed by atoms with van der Waals surface area (Å²) >= 11 is 7.45. The molecule has 0 aliphatic heterocycles. The predicted octanol–water partition coefficient (Wildman–Crippen LogP) is 2.84. The van der Waals surface area contributed by atoms with E-state index >= 15 is 0 Å². The molecular formula is C13H21ClN2OS. The number of nitrogens with one attached hydrogen (secondary N) is 2. The molecule has 2 unspecified atom stereocenters. The van der Waals surface area contributed by atoms with Gasteiger partial charge in [0.15, 0.2) is 0 Å². The molecule has 0 radical (unpaired) electrons. The van der Waals surface area contributed by atoms with E-state index < -0.39 is 0 Å². The maximum absolute atomic E-state index is 11.8. The van der Waals surface area contributed by atoms with E-state index in [2.05, 4.69) is 17.6 Å². The molecule has 1 amide bonds. The average Bonchev–Trinajstić information content (AvgIpc) is 2.74. The van der Waals surface area contributed by atoms with Crippen LogP contribution in [0.5, 0.6) is 0 Å². The van der Waals surface area contributed by atoms with Crippen LogP contribution in [-0.4, -0.2) is 24.5 Å². The first-order chi connectivity index (χ1) is 8.52. The lowest BCUT2D eigenvalue weighted by molar-refractivity contribution is -0.123. The standard InChI is InChI=1S/C13H21ClN2OS/c1-4-9(2)16-13(17)10(3)15-8-7-11-5-6-12(14)18-11/h5-6,9-10,15H,4,7-8H2,1-3H3,(H,16,17). The smallest absolute Gasteiger partial charge is 0.237 e. The van der Waals surface area contributed by atoms with Gasteiger partial charge in [0.1, 0.15) is 0 Å². The molecule has 1 rings (SSSR count). The molecule has 1 heterocycles. The Kier molecular flexibility index (Phi) is 6.68. The molecule has 2 N–H and O–H groups in total. The minimum absolute atomic E-state index is 0.0635. The van der Waals surface area contributed by atoms with Crippen molar-refractivity contribution in [2.75, 3.05) is 6.54 Å². The normalized spacial score (nSPS) is 14.2. The van der Waals surface area contributed by atoms with E-state index in [9.17, 15) is 4.79 Å². The summed E-state index contributed by atoms with van der Waals surface area (Å²) in [5, 5.41) is 6.18. The molecule has 18 heavy (non-hydrogen) atoms. The molecule has 0 aliphatic carbocycles. The van der Waals surface area contributed by atoms with Crippen molar-refractivity contribution in [2.45, 2.75) is 45.7 Å². The van der Waals surface area contributed by atoms with Crippen LogP contribution >= 0.6 is 22.9 Å². The Morgan fingerprint density at radius 2 is 2.17 bits per heavy atom. The van der Waals surface area contributed by atoms with Crippen LogP contribution in [0.1, 0.15) is 32.1 Å². The lowest BCUT2D eigenvalue weighted by Crippen LogP contribution is -2.45. The summed E-state index contributed by atoms with van der Waals surface area (Å²) in [6.45, 7) is 6.74. The first-order valence-corrected chi connectivity index (χ1v) is 7.50. The molecule has 0 saturated heterocycles. The van der Waals surface area contributed by atoms with Crippen LogP contribution in [0.3, 0.4) is 0 Å². The SMILES string of the molecule is CCC(C)NC(=O)C(C)NCCc1ccc(Cl)s1. The number of halogens is 1. The second kappa shape index (κ2) is 7.77. The van der Waals surface area contributed by atoms with Gasteiger partial charge in [-0.3, -0.25) is 4.79 Å². The van der Waals surface area contributed by atoms with Gasteiger partial charge in [0, 0.05) is 17.5 Å². The van der Waals surface area contributed by atoms with Gasteiger partial charge >= 0.3 is 0 Å². The van der Waals surface area contributed by atoms with E-state index in [0.717, 1.165) is 23.7 Å². The van der Waals surface area contributed by atoms with Crippen molar-refractivity contribution in [1.82, 2.24) is 10.6 Å². The second-order valence-electron chi connectivity index (χ2n) is 4.45. The Bertz CT molecular complexity index is 381. The van der Waals surface area contributed by atoms with Gasteiger partial charge in [0.25, 0.3) is 0 Å². The van der Waals surface area contributed by atoms with Crippen molar-refractivity contribution in [1.29, 1.82) is 0 Å². The maximum atomic E-state index is 11.8. The average molecular weight is 289 g/mol. The second-order valence-corrected chi connectivity index (χ2v) is 6.25. The fourth-order valence-electron chi connectivity index (χ4n) is 1.46. The van der Waals surface area contributed by atoms with Crippen molar-refractivity contribution >= 4 is 28.8 Å². The fraction of sp³-hybridized carbons (Fsp3) is 0.615. The quantitative estimate of drug-likeness (QED) is 0.810. The molecule has 5 heteroatoms. The zero-order chi connectivity index (χ0) is 13.5. The molecule has 0 fully saturated rings. The number of amides is 1. The van der Waals surface area contributed by atoms with Gasteiger partial charge in [0.2, 0.25) is 5.91 Å². The highest BCUT2D eigenvalue weighted by Gasteiger charge is 2.13. The summed E-state index contributed by atoms with van der Waals surface area (Å²) in [5.41, 5.74) is 0. The van der Waals surface area contributed by atoms with E-state index in [-0.39, 0.29) is 18.0 Å². The van der Waals surface area contributed by atoms with Gasteiger partial charge in [-0.25, -0.2) is 0 Å². The van der Waals surface area contributed by atoms with Crippen molar-refractivity contribution < 1.29 is 4.79 Å². The van der Waals surface area contributed by atoms with Crippen LogP contribution in [0.4, 0.5) is 0 Å². The highest BCUT2D eigenvalue weighted by Crippen LogP contribution is 2.21. The number of thiophene rings is 1. The molecule has 0 aromatic carbocycles. The molecule has 102 valence electrons. The molecule has 3 nitrogen and oxygen atoms in total. The topological polar surface area (TPSA) is 41.1 Å². The van der Waals surface area contributed by atoms with Crippen LogP contribution in [0.15, 0.2) is 12.1 Å². The molecular weight excluding hydrogens is 268 g/mol. The monoisotopic (exact) mass is 288 g/mol. The summed E-state index contributed by atoms with van der Waals surface area (Å²) in [5.74, 6) is 0.0635. The predicted molar refractivity (Wildman–Crippen MR) is 78.4 cm³/mol. The van der Waals surface area contributed by atoms with E-state index in [1.807, 2.05) is 26.0 Å². The Morgan fingerprint density at radius 1 is 1.44 bits per heavy atom. The molecule has 0 spiro atoms. The third-order valence-corrected chi connectivity index (χ3v) is 4.14. The fourth-order valence-corrected chi connectivity index (χ4v) is 2.55. The Balaban J connectivity index is 2.24. The molecule has 0 saturated carbocycles. The number of hydrogen-bond acceptors (Lipinski definition) is 3. The van der Waals surface area contributed by atoms with Gasteiger partial charge in [-0.1, -0.05) is 18.5 Å². The molecule has 0 aliphatic rings. The molecule has 2 atom stereocenters. The van der Waals surface area contributed by atoms with Crippen molar-refractivity contribution in [3.8, 4) is 0 Å². The van der Waals surface area contributed by atoms with Crippen LogP contribution in [-0.2, 0) is 11.2 Å². The lowest BCUT2D eigenvalue weighted by Gasteiger charge is -2.17. The van der Waals surface area contributed by atoms with Crippen LogP contribution < -0.4 is 10.6 Å². The van der Waals surface area contributed by atoms with Crippen LogP contribution in [0.2, 0.25) is 4.34 Å². The highest BCUT2D eigenvalue weighted by atomic mass is 35.5. The van der Waals surface area contributed by atoms with E-state index in [1.54, 1.807) is 11.3 Å². The number of rotatable bonds is 7. The van der Waals surface area contributed by atoms with E-state index in [1.165, 1.54) is 4.88 Å². The van der Waals surface area contributed by atoms with Gasteiger partial charge in [-0.05, 0) is 38.8 Å². The molecule has 1 aromatic rings. The van der Waals surface area contributed by atoms with Gasteiger partial charge < -0.3 is 10.6 Å². The minimum Gasteiger partial charge on any atom is -0.352 e. The van der Waals surface area contributed by atoms with Gasteiger partial charge in [-0.2, -0.15) is 0 Å². The van der Waals surface area contributed by atoms with Gasteiger partial charge in [0.05, 0.1) is 10.4 Å². The van der Waals surface area contributed by atoms with Crippen molar-refractivity contribution in [3.05, 3.63) is 21.3 Å². The third-order valence-electron chi connectivity index (χ3n) is 2.85. The lowest BCUT2D eigenvalue weighted by atomic mass is 10.2. The first-order valence-electron chi connectivity index (χ1n) is 6.31. The number of carbonyl (C=O) groups excluding carboxylic acids is 1.